The minimum atomic E-state index is 0.172. The summed E-state index contributed by atoms with van der Waals surface area (Å²) in [6.45, 7) is 6.50. The molecule has 0 fully saturated rings. The molecule has 0 heterocycles. The van der Waals surface area contributed by atoms with E-state index >= 15 is 0 Å². The number of alkyl halides is 1. The highest BCUT2D eigenvalue weighted by Crippen LogP contribution is 2.25. The summed E-state index contributed by atoms with van der Waals surface area (Å²) in [6, 6.07) is 8.44. The van der Waals surface area contributed by atoms with Crippen molar-refractivity contribution in [2.45, 2.75) is 45.8 Å². The third kappa shape index (κ3) is 3.60. The Balaban J connectivity index is 2.78. The number of hydrogen-bond acceptors (Lipinski definition) is 1. The molecule has 1 unspecified atom stereocenters. The first kappa shape index (κ1) is 13.7. The molecule has 0 amide bonds. The number of hydrogen-bond donors (Lipinski definition) is 0. The predicted molar refractivity (Wildman–Crippen MR) is 73.2 cm³/mol. The van der Waals surface area contributed by atoms with Crippen molar-refractivity contribution in [2.24, 2.45) is 0 Å². The molecule has 0 aliphatic carbocycles. The molecule has 1 aromatic rings. The van der Waals surface area contributed by atoms with E-state index in [-0.39, 0.29) is 6.10 Å². The molecule has 16 heavy (non-hydrogen) atoms. The van der Waals surface area contributed by atoms with Crippen LogP contribution in [0.25, 0.3) is 0 Å². The van der Waals surface area contributed by atoms with Crippen molar-refractivity contribution >= 4 is 15.9 Å². The van der Waals surface area contributed by atoms with Gasteiger partial charge in [0.25, 0.3) is 0 Å². The first-order chi connectivity index (χ1) is 7.72. The van der Waals surface area contributed by atoms with Crippen molar-refractivity contribution in [3.05, 3.63) is 35.4 Å². The van der Waals surface area contributed by atoms with Crippen LogP contribution in [0, 0.1) is 6.92 Å². The number of rotatable bonds is 6. The summed E-state index contributed by atoms with van der Waals surface area (Å²) in [5.74, 6) is 0. The SMILES string of the molecule is CCC(CC)OC(CBr)c1ccccc1C. The van der Waals surface area contributed by atoms with E-state index in [1.165, 1.54) is 11.1 Å². The number of halogens is 1. The van der Waals surface area contributed by atoms with E-state index in [4.69, 9.17) is 4.74 Å². The molecular formula is C14H21BrO. The summed E-state index contributed by atoms with van der Waals surface area (Å²) < 4.78 is 6.12. The van der Waals surface area contributed by atoms with Gasteiger partial charge in [0, 0.05) is 5.33 Å². The zero-order chi connectivity index (χ0) is 12.0. The zero-order valence-electron chi connectivity index (χ0n) is 10.4. The van der Waals surface area contributed by atoms with Crippen LogP contribution in [0.15, 0.2) is 24.3 Å². The second-order valence-electron chi connectivity index (χ2n) is 4.07. The second kappa shape index (κ2) is 7.08. The third-order valence-corrected chi connectivity index (χ3v) is 3.53. The zero-order valence-corrected chi connectivity index (χ0v) is 12.0. The summed E-state index contributed by atoms with van der Waals surface area (Å²) >= 11 is 3.55. The van der Waals surface area contributed by atoms with Crippen LogP contribution >= 0.6 is 15.9 Å². The summed E-state index contributed by atoms with van der Waals surface area (Å²) in [5, 5.41) is 0.856. The van der Waals surface area contributed by atoms with Crippen molar-refractivity contribution in [3.8, 4) is 0 Å². The Kier molecular flexibility index (Phi) is 6.07. The molecule has 0 radical (unpaired) electrons. The molecule has 0 saturated carbocycles. The fourth-order valence-corrected chi connectivity index (χ4v) is 2.36. The van der Waals surface area contributed by atoms with Crippen molar-refractivity contribution in [1.29, 1.82) is 0 Å². The standard InChI is InChI=1S/C14H21BrO/c1-4-12(5-2)16-14(10-15)13-9-7-6-8-11(13)3/h6-9,12,14H,4-5,10H2,1-3H3. The Bertz CT molecular complexity index is 307. The van der Waals surface area contributed by atoms with Crippen LogP contribution in [0.3, 0.4) is 0 Å². The van der Waals surface area contributed by atoms with Crippen LogP contribution < -0.4 is 0 Å². The van der Waals surface area contributed by atoms with Gasteiger partial charge in [0.2, 0.25) is 0 Å². The predicted octanol–water partition coefficient (Wildman–Crippen LogP) is 4.64. The average Bonchev–Trinajstić information content (AvgIpc) is 2.32. The van der Waals surface area contributed by atoms with Gasteiger partial charge in [0.1, 0.15) is 0 Å². The molecule has 0 aromatic heterocycles. The van der Waals surface area contributed by atoms with Crippen molar-refractivity contribution in [3.63, 3.8) is 0 Å². The smallest absolute Gasteiger partial charge is 0.0927 e. The quantitative estimate of drug-likeness (QED) is 0.692. The minimum absolute atomic E-state index is 0.172. The molecule has 0 N–H and O–H groups in total. The normalized spacial score (nSPS) is 13.1. The Morgan fingerprint density at radius 3 is 2.31 bits per heavy atom. The molecule has 1 nitrogen and oxygen atoms in total. The Labute approximate surface area is 107 Å². The molecule has 0 aliphatic rings. The first-order valence-electron chi connectivity index (χ1n) is 5.99. The lowest BCUT2D eigenvalue weighted by molar-refractivity contribution is -0.00421. The highest BCUT2D eigenvalue weighted by Gasteiger charge is 2.16. The number of benzene rings is 1. The van der Waals surface area contributed by atoms with E-state index in [1.807, 2.05) is 0 Å². The maximum atomic E-state index is 6.12. The molecule has 2 heteroatoms. The van der Waals surface area contributed by atoms with Gasteiger partial charge in [-0.25, -0.2) is 0 Å². The topological polar surface area (TPSA) is 9.23 Å². The summed E-state index contributed by atoms with van der Waals surface area (Å²) in [6.07, 6.45) is 2.69. The van der Waals surface area contributed by atoms with E-state index in [2.05, 4.69) is 61.0 Å². The molecule has 1 aromatic carbocycles. The van der Waals surface area contributed by atoms with Gasteiger partial charge in [0.15, 0.2) is 0 Å². The van der Waals surface area contributed by atoms with E-state index < -0.39 is 0 Å². The monoisotopic (exact) mass is 284 g/mol. The molecule has 0 aliphatic heterocycles. The third-order valence-electron chi connectivity index (χ3n) is 2.94. The molecule has 1 rings (SSSR count). The van der Waals surface area contributed by atoms with Crippen LogP contribution in [0.5, 0.6) is 0 Å². The lowest BCUT2D eigenvalue weighted by Gasteiger charge is -2.23. The van der Waals surface area contributed by atoms with Gasteiger partial charge in [-0.05, 0) is 30.9 Å². The van der Waals surface area contributed by atoms with Crippen molar-refractivity contribution in [2.75, 3.05) is 5.33 Å². The molecule has 0 spiro atoms. The van der Waals surface area contributed by atoms with Crippen LogP contribution in [0.2, 0.25) is 0 Å². The minimum Gasteiger partial charge on any atom is -0.369 e. The second-order valence-corrected chi connectivity index (χ2v) is 4.72. The van der Waals surface area contributed by atoms with E-state index in [0.29, 0.717) is 6.10 Å². The highest BCUT2D eigenvalue weighted by molar-refractivity contribution is 9.09. The van der Waals surface area contributed by atoms with Crippen molar-refractivity contribution in [1.82, 2.24) is 0 Å². The Morgan fingerprint density at radius 2 is 1.81 bits per heavy atom. The summed E-state index contributed by atoms with van der Waals surface area (Å²) in [4.78, 5) is 0. The number of aryl methyl sites for hydroxylation is 1. The lowest BCUT2D eigenvalue weighted by Crippen LogP contribution is -2.17. The molecule has 0 saturated heterocycles. The van der Waals surface area contributed by atoms with E-state index in [9.17, 15) is 0 Å². The average molecular weight is 285 g/mol. The largest absolute Gasteiger partial charge is 0.369 e. The Morgan fingerprint density at radius 1 is 1.19 bits per heavy atom. The van der Waals surface area contributed by atoms with Gasteiger partial charge in [-0.2, -0.15) is 0 Å². The van der Waals surface area contributed by atoms with E-state index in [0.717, 1.165) is 18.2 Å². The summed E-state index contributed by atoms with van der Waals surface area (Å²) in [7, 11) is 0. The Hall–Kier alpha value is -0.340. The van der Waals surface area contributed by atoms with Crippen LogP contribution in [-0.4, -0.2) is 11.4 Å². The fourth-order valence-electron chi connectivity index (χ4n) is 1.85. The van der Waals surface area contributed by atoms with E-state index in [1.54, 1.807) is 0 Å². The van der Waals surface area contributed by atoms with Gasteiger partial charge < -0.3 is 4.74 Å². The molecule has 1 atom stereocenters. The van der Waals surface area contributed by atoms with Gasteiger partial charge in [-0.15, -0.1) is 0 Å². The molecular weight excluding hydrogens is 264 g/mol. The van der Waals surface area contributed by atoms with Gasteiger partial charge >= 0.3 is 0 Å². The van der Waals surface area contributed by atoms with Crippen LogP contribution in [0.1, 0.15) is 43.9 Å². The number of ether oxygens (including phenoxy) is 1. The van der Waals surface area contributed by atoms with Crippen molar-refractivity contribution < 1.29 is 4.74 Å². The maximum absolute atomic E-state index is 6.12. The molecule has 0 bridgehead atoms. The molecule has 90 valence electrons. The van der Waals surface area contributed by atoms with Crippen LogP contribution in [0.4, 0.5) is 0 Å². The maximum Gasteiger partial charge on any atom is 0.0927 e. The fraction of sp³-hybridized carbons (Fsp3) is 0.571. The van der Waals surface area contributed by atoms with Crippen LogP contribution in [-0.2, 0) is 4.74 Å². The highest BCUT2D eigenvalue weighted by atomic mass is 79.9. The summed E-state index contributed by atoms with van der Waals surface area (Å²) in [5.41, 5.74) is 2.60. The van der Waals surface area contributed by atoms with Gasteiger partial charge in [0.05, 0.1) is 12.2 Å². The lowest BCUT2D eigenvalue weighted by atomic mass is 10.0. The van der Waals surface area contributed by atoms with Gasteiger partial charge in [-0.1, -0.05) is 54.0 Å². The first-order valence-corrected chi connectivity index (χ1v) is 7.12. The van der Waals surface area contributed by atoms with Gasteiger partial charge in [-0.3, -0.25) is 0 Å².